The number of carboxylic acid groups (broad SMARTS) is 1. The Bertz CT molecular complexity index is 431. The Morgan fingerprint density at radius 1 is 1.26 bits per heavy atom. The van der Waals surface area contributed by atoms with Crippen molar-refractivity contribution >= 4 is 17.7 Å². The van der Waals surface area contributed by atoms with Crippen molar-refractivity contribution in [1.82, 2.24) is 5.32 Å². The first kappa shape index (κ1) is 14.8. The lowest BCUT2D eigenvalue weighted by Crippen LogP contribution is -2.42. The zero-order valence-corrected chi connectivity index (χ0v) is 11.0. The van der Waals surface area contributed by atoms with Crippen molar-refractivity contribution in [2.45, 2.75) is 26.3 Å². The van der Waals surface area contributed by atoms with Crippen molar-refractivity contribution in [3.05, 3.63) is 24.3 Å². The minimum Gasteiger partial charge on any atom is -0.494 e. The molecule has 0 bridgehead atoms. The van der Waals surface area contributed by atoms with Gasteiger partial charge in [-0.3, -0.25) is 0 Å². The molecule has 6 heteroatoms. The second-order valence-electron chi connectivity index (χ2n) is 3.85. The van der Waals surface area contributed by atoms with E-state index in [1.807, 2.05) is 6.92 Å². The highest BCUT2D eigenvalue weighted by Gasteiger charge is 2.17. The van der Waals surface area contributed by atoms with Gasteiger partial charge in [0.25, 0.3) is 0 Å². The molecule has 0 aromatic heterocycles. The van der Waals surface area contributed by atoms with Crippen molar-refractivity contribution in [2.24, 2.45) is 0 Å². The highest BCUT2D eigenvalue weighted by Crippen LogP contribution is 2.15. The Morgan fingerprint density at radius 2 is 1.89 bits per heavy atom. The Labute approximate surface area is 111 Å². The fourth-order valence-corrected chi connectivity index (χ4v) is 1.47. The molecule has 0 aliphatic carbocycles. The highest BCUT2D eigenvalue weighted by molar-refractivity contribution is 5.92. The average molecular weight is 266 g/mol. The molecule has 0 radical (unpaired) electrons. The zero-order valence-electron chi connectivity index (χ0n) is 11.0. The minimum atomic E-state index is -1.05. The summed E-state index contributed by atoms with van der Waals surface area (Å²) in [4.78, 5) is 22.4. The first-order chi connectivity index (χ1) is 9.06. The molecule has 0 saturated carbocycles. The molecule has 1 aromatic rings. The summed E-state index contributed by atoms with van der Waals surface area (Å²) in [7, 11) is 0. The van der Waals surface area contributed by atoms with E-state index in [9.17, 15) is 9.59 Å². The van der Waals surface area contributed by atoms with E-state index in [0.717, 1.165) is 0 Å². The Morgan fingerprint density at radius 3 is 2.37 bits per heavy atom. The molecule has 1 rings (SSSR count). The summed E-state index contributed by atoms with van der Waals surface area (Å²) in [6.07, 6.45) is 0.325. The van der Waals surface area contributed by atoms with Crippen molar-refractivity contribution in [2.75, 3.05) is 11.9 Å². The molecule has 2 amide bonds. The first-order valence-electron chi connectivity index (χ1n) is 6.10. The molecule has 0 fully saturated rings. The summed E-state index contributed by atoms with van der Waals surface area (Å²) < 4.78 is 5.27. The Kier molecular flexibility index (Phi) is 5.66. The summed E-state index contributed by atoms with van der Waals surface area (Å²) in [6, 6.07) is 5.40. The smallest absolute Gasteiger partial charge is 0.326 e. The van der Waals surface area contributed by atoms with Crippen LogP contribution >= 0.6 is 0 Å². The lowest BCUT2D eigenvalue weighted by atomic mass is 10.2. The molecular weight excluding hydrogens is 248 g/mol. The van der Waals surface area contributed by atoms with Crippen molar-refractivity contribution in [3.8, 4) is 5.75 Å². The molecule has 0 aliphatic rings. The third-order valence-corrected chi connectivity index (χ3v) is 2.43. The fourth-order valence-electron chi connectivity index (χ4n) is 1.47. The summed E-state index contributed by atoms with van der Waals surface area (Å²) in [6.45, 7) is 4.15. The Balaban J connectivity index is 2.54. The van der Waals surface area contributed by atoms with Gasteiger partial charge in [0.1, 0.15) is 11.8 Å². The van der Waals surface area contributed by atoms with Gasteiger partial charge >= 0.3 is 12.0 Å². The standard InChI is InChI=1S/C13H18N2O4/c1-3-11(12(16)17)15-13(18)14-9-5-7-10(8-6-9)19-4-2/h5-8,11H,3-4H2,1-2H3,(H,16,17)(H2,14,15,18)/t11-/m0/s1. The van der Waals surface area contributed by atoms with E-state index in [2.05, 4.69) is 10.6 Å². The van der Waals surface area contributed by atoms with Gasteiger partial charge in [-0.05, 0) is 37.6 Å². The number of carbonyl (C=O) groups excluding carboxylic acids is 1. The third kappa shape index (κ3) is 4.87. The van der Waals surface area contributed by atoms with Gasteiger partial charge in [0, 0.05) is 5.69 Å². The summed E-state index contributed by atoms with van der Waals surface area (Å²) in [5.41, 5.74) is 0.571. The van der Waals surface area contributed by atoms with Crippen LogP contribution in [-0.4, -0.2) is 29.8 Å². The molecule has 1 aromatic carbocycles. The molecule has 19 heavy (non-hydrogen) atoms. The number of amides is 2. The Hall–Kier alpha value is -2.24. The number of hydrogen-bond acceptors (Lipinski definition) is 3. The van der Waals surface area contributed by atoms with Gasteiger partial charge in [0.05, 0.1) is 6.61 Å². The third-order valence-electron chi connectivity index (χ3n) is 2.43. The molecule has 0 saturated heterocycles. The van der Waals surface area contributed by atoms with Gasteiger partial charge in [-0.2, -0.15) is 0 Å². The average Bonchev–Trinajstić information content (AvgIpc) is 2.38. The molecule has 3 N–H and O–H groups in total. The normalized spacial score (nSPS) is 11.5. The number of hydrogen-bond donors (Lipinski definition) is 3. The largest absolute Gasteiger partial charge is 0.494 e. The maximum atomic E-state index is 11.6. The lowest BCUT2D eigenvalue weighted by Gasteiger charge is -2.13. The summed E-state index contributed by atoms with van der Waals surface area (Å²) >= 11 is 0. The molecular formula is C13H18N2O4. The number of anilines is 1. The molecule has 104 valence electrons. The van der Waals surface area contributed by atoms with Crippen LogP contribution in [-0.2, 0) is 4.79 Å². The van der Waals surface area contributed by atoms with Gasteiger partial charge in [0.15, 0.2) is 0 Å². The van der Waals surface area contributed by atoms with E-state index in [1.165, 1.54) is 0 Å². The van der Waals surface area contributed by atoms with E-state index in [0.29, 0.717) is 24.5 Å². The van der Waals surface area contributed by atoms with Crippen LogP contribution < -0.4 is 15.4 Å². The molecule has 0 unspecified atom stereocenters. The topological polar surface area (TPSA) is 87.7 Å². The fraction of sp³-hybridized carbons (Fsp3) is 0.385. The number of aliphatic carboxylic acids is 1. The van der Waals surface area contributed by atoms with Gasteiger partial charge in [0.2, 0.25) is 0 Å². The highest BCUT2D eigenvalue weighted by atomic mass is 16.5. The predicted octanol–water partition coefficient (Wildman–Crippen LogP) is 2.07. The van der Waals surface area contributed by atoms with E-state index >= 15 is 0 Å². The monoisotopic (exact) mass is 266 g/mol. The number of nitrogens with one attached hydrogen (secondary N) is 2. The maximum Gasteiger partial charge on any atom is 0.326 e. The number of benzene rings is 1. The van der Waals surface area contributed by atoms with Gasteiger partial charge < -0.3 is 20.5 Å². The van der Waals surface area contributed by atoms with Crippen molar-refractivity contribution in [1.29, 1.82) is 0 Å². The molecule has 1 atom stereocenters. The minimum absolute atomic E-state index is 0.325. The van der Waals surface area contributed by atoms with Crippen LogP contribution in [0.25, 0.3) is 0 Å². The predicted molar refractivity (Wildman–Crippen MR) is 71.5 cm³/mol. The van der Waals surface area contributed by atoms with Crippen LogP contribution in [0.5, 0.6) is 5.75 Å². The number of rotatable bonds is 6. The number of carbonyl (C=O) groups is 2. The van der Waals surface area contributed by atoms with Gasteiger partial charge in [-0.1, -0.05) is 6.92 Å². The quantitative estimate of drug-likeness (QED) is 0.735. The number of urea groups is 1. The second kappa shape index (κ2) is 7.25. The maximum absolute atomic E-state index is 11.6. The molecule has 6 nitrogen and oxygen atoms in total. The van der Waals surface area contributed by atoms with E-state index in [1.54, 1.807) is 31.2 Å². The van der Waals surface area contributed by atoms with Gasteiger partial charge in [-0.25, -0.2) is 9.59 Å². The van der Waals surface area contributed by atoms with Crippen LogP contribution in [0.15, 0.2) is 24.3 Å². The van der Waals surface area contributed by atoms with E-state index < -0.39 is 18.0 Å². The van der Waals surface area contributed by atoms with Crippen LogP contribution in [0.3, 0.4) is 0 Å². The van der Waals surface area contributed by atoms with Crippen LogP contribution in [0, 0.1) is 0 Å². The van der Waals surface area contributed by atoms with E-state index in [4.69, 9.17) is 9.84 Å². The summed E-state index contributed by atoms with van der Waals surface area (Å²) in [5.74, 6) is -0.338. The van der Waals surface area contributed by atoms with Gasteiger partial charge in [-0.15, -0.1) is 0 Å². The zero-order chi connectivity index (χ0) is 14.3. The number of carboxylic acids is 1. The van der Waals surface area contributed by atoms with E-state index in [-0.39, 0.29) is 0 Å². The van der Waals surface area contributed by atoms with Crippen molar-refractivity contribution < 1.29 is 19.4 Å². The first-order valence-corrected chi connectivity index (χ1v) is 6.10. The lowest BCUT2D eigenvalue weighted by molar-refractivity contribution is -0.139. The summed E-state index contributed by atoms with van der Waals surface area (Å²) in [5, 5.41) is 13.8. The van der Waals surface area contributed by atoms with Crippen molar-refractivity contribution in [3.63, 3.8) is 0 Å². The van der Waals surface area contributed by atoms with Crippen LogP contribution in [0.2, 0.25) is 0 Å². The number of ether oxygens (including phenoxy) is 1. The molecule has 0 heterocycles. The van der Waals surface area contributed by atoms with Crippen LogP contribution in [0.4, 0.5) is 10.5 Å². The molecule has 0 spiro atoms. The molecule has 0 aliphatic heterocycles. The van der Waals surface area contributed by atoms with Crippen LogP contribution in [0.1, 0.15) is 20.3 Å². The SMILES string of the molecule is CCOc1ccc(NC(=O)N[C@@H](CC)C(=O)O)cc1. The second-order valence-corrected chi connectivity index (χ2v) is 3.85.